The van der Waals surface area contributed by atoms with E-state index < -0.39 is 0 Å². The molecule has 2 N–H and O–H groups in total. The smallest absolute Gasteiger partial charge is 0.231 e. The molecule has 0 atom stereocenters. The molecule has 0 aromatic carbocycles. The maximum absolute atomic E-state index is 5.76. The molecule has 7 heteroatoms. The average Bonchev–Trinajstić information content (AvgIpc) is 3.00. The normalized spacial score (nSPS) is 15.2. The third kappa shape index (κ3) is 2.56. The lowest BCUT2D eigenvalue weighted by molar-refractivity contribution is 0.834. The van der Waals surface area contributed by atoms with Crippen LogP contribution in [0.1, 0.15) is 12.8 Å². The van der Waals surface area contributed by atoms with E-state index in [4.69, 9.17) is 5.73 Å². The van der Waals surface area contributed by atoms with Crippen LogP contribution in [0, 0.1) is 0 Å². The van der Waals surface area contributed by atoms with Gasteiger partial charge in [-0.3, -0.25) is 0 Å². The Balaban J connectivity index is 1.85. The van der Waals surface area contributed by atoms with Crippen LogP contribution in [-0.2, 0) is 0 Å². The maximum atomic E-state index is 5.76. The van der Waals surface area contributed by atoms with Crippen molar-refractivity contribution < 1.29 is 0 Å². The quantitative estimate of drug-likeness (QED) is 0.929. The molecule has 18 heavy (non-hydrogen) atoms. The van der Waals surface area contributed by atoms with E-state index in [1.807, 2.05) is 17.5 Å². The lowest BCUT2D eigenvalue weighted by Gasteiger charge is -2.15. The number of nitrogen functional groups attached to an aromatic ring is 1. The van der Waals surface area contributed by atoms with Gasteiger partial charge in [0, 0.05) is 13.1 Å². The van der Waals surface area contributed by atoms with Crippen LogP contribution in [-0.4, -0.2) is 28.0 Å². The molecule has 5 nitrogen and oxygen atoms in total. The first-order valence-corrected chi connectivity index (χ1v) is 7.49. The highest BCUT2D eigenvalue weighted by molar-refractivity contribution is 8.01. The fraction of sp³-hybridized carbons (Fsp3) is 0.364. The number of thiophene rings is 1. The van der Waals surface area contributed by atoms with Crippen LogP contribution in [0.4, 0.5) is 11.9 Å². The van der Waals surface area contributed by atoms with Crippen LogP contribution < -0.4 is 10.6 Å². The Bertz CT molecular complexity index is 522. The molecule has 3 heterocycles. The third-order valence-corrected chi connectivity index (χ3v) is 4.60. The molecule has 1 aliphatic rings. The van der Waals surface area contributed by atoms with Crippen LogP contribution >= 0.6 is 23.1 Å². The molecule has 3 rings (SSSR count). The number of rotatable bonds is 3. The zero-order valence-corrected chi connectivity index (χ0v) is 11.4. The van der Waals surface area contributed by atoms with Gasteiger partial charge in [0.15, 0.2) is 5.16 Å². The molecule has 94 valence electrons. The second kappa shape index (κ2) is 5.11. The number of nitrogens with zero attached hydrogens (tertiary/aromatic N) is 4. The molecule has 0 unspecified atom stereocenters. The van der Waals surface area contributed by atoms with E-state index in [1.54, 1.807) is 11.3 Å². The molecular formula is C11H13N5S2. The molecule has 1 aliphatic heterocycles. The summed E-state index contributed by atoms with van der Waals surface area (Å²) < 4.78 is 1.16. The van der Waals surface area contributed by atoms with Gasteiger partial charge >= 0.3 is 0 Å². The molecule has 0 saturated carbocycles. The van der Waals surface area contributed by atoms with Crippen LogP contribution in [0.5, 0.6) is 0 Å². The molecule has 0 amide bonds. The Labute approximate surface area is 113 Å². The molecule has 1 saturated heterocycles. The molecule has 2 aromatic heterocycles. The maximum Gasteiger partial charge on any atom is 0.231 e. The number of hydrogen-bond donors (Lipinski definition) is 1. The van der Waals surface area contributed by atoms with Crippen molar-refractivity contribution in [2.24, 2.45) is 0 Å². The summed E-state index contributed by atoms with van der Waals surface area (Å²) in [6.07, 6.45) is 2.39. The second-order valence-corrected chi connectivity index (χ2v) is 6.22. The number of aromatic nitrogens is 3. The van der Waals surface area contributed by atoms with E-state index in [1.165, 1.54) is 24.6 Å². The van der Waals surface area contributed by atoms with E-state index in [0.29, 0.717) is 17.1 Å². The fourth-order valence-electron chi connectivity index (χ4n) is 1.88. The van der Waals surface area contributed by atoms with Gasteiger partial charge in [0.25, 0.3) is 0 Å². The van der Waals surface area contributed by atoms with Crippen molar-refractivity contribution in [1.82, 2.24) is 15.0 Å². The van der Waals surface area contributed by atoms with Crippen LogP contribution in [0.25, 0.3) is 0 Å². The monoisotopic (exact) mass is 279 g/mol. The van der Waals surface area contributed by atoms with Gasteiger partial charge in [-0.05, 0) is 36.0 Å². The summed E-state index contributed by atoms with van der Waals surface area (Å²) in [6, 6.07) is 4.06. The average molecular weight is 279 g/mol. The number of hydrogen-bond acceptors (Lipinski definition) is 7. The van der Waals surface area contributed by atoms with E-state index in [0.717, 1.165) is 17.3 Å². The van der Waals surface area contributed by atoms with E-state index in [-0.39, 0.29) is 0 Å². The predicted molar refractivity (Wildman–Crippen MR) is 74.1 cm³/mol. The van der Waals surface area contributed by atoms with Crippen molar-refractivity contribution >= 4 is 35.0 Å². The predicted octanol–water partition coefficient (Wildman–Crippen LogP) is 2.27. The lowest BCUT2D eigenvalue weighted by Crippen LogP contribution is -2.21. The molecule has 1 fully saturated rings. The highest BCUT2D eigenvalue weighted by atomic mass is 32.2. The van der Waals surface area contributed by atoms with Crippen molar-refractivity contribution in [2.75, 3.05) is 23.7 Å². The largest absolute Gasteiger partial charge is 0.368 e. The number of anilines is 2. The first-order valence-electron chi connectivity index (χ1n) is 5.79. The minimum absolute atomic E-state index is 0.297. The summed E-state index contributed by atoms with van der Waals surface area (Å²) in [7, 11) is 0. The van der Waals surface area contributed by atoms with Gasteiger partial charge in [-0.25, -0.2) is 0 Å². The summed E-state index contributed by atoms with van der Waals surface area (Å²) in [5.74, 6) is 1.00. The fourth-order valence-corrected chi connectivity index (χ4v) is 3.50. The van der Waals surface area contributed by atoms with E-state index >= 15 is 0 Å². The van der Waals surface area contributed by atoms with E-state index in [2.05, 4.69) is 19.9 Å². The zero-order valence-electron chi connectivity index (χ0n) is 9.74. The van der Waals surface area contributed by atoms with Gasteiger partial charge in [0.1, 0.15) is 0 Å². The van der Waals surface area contributed by atoms with Gasteiger partial charge in [-0.2, -0.15) is 15.0 Å². The van der Waals surface area contributed by atoms with Crippen LogP contribution in [0.3, 0.4) is 0 Å². The second-order valence-electron chi connectivity index (χ2n) is 4.00. The highest BCUT2D eigenvalue weighted by Gasteiger charge is 2.17. The summed E-state index contributed by atoms with van der Waals surface area (Å²) in [5, 5.41) is 2.71. The summed E-state index contributed by atoms with van der Waals surface area (Å²) in [6.45, 7) is 2.01. The third-order valence-electron chi connectivity index (χ3n) is 2.70. The molecule has 0 bridgehead atoms. The minimum atomic E-state index is 0.297. The molecule has 0 radical (unpaired) electrons. The van der Waals surface area contributed by atoms with Crippen molar-refractivity contribution in [1.29, 1.82) is 0 Å². The summed E-state index contributed by atoms with van der Waals surface area (Å²) in [4.78, 5) is 15.0. The lowest BCUT2D eigenvalue weighted by atomic mass is 10.4. The van der Waals surface area contributed by atoms with Crippen molar-refractivity contribution in [3.8, 4) is 0 Å². The van der Waals surface area contributed by atoms with Gasteiger partial charge in [0.2, 0.25) is 11.9 Å². The Hall–Kier alpha value is -1.34. The van der Waals surface area contributed by atoms with Crippen LogP contribution in [0.15, 0.2) is 26.9 Å². The Morgan fingerprint density at radius 1 is 1.22 bits per heavy atom. The Morgan fingerprint density at radius 3 is 2.78 bits per heavy atom. The van der Waals surface area contributed by atoms with Gasteiger partial charge in [0.05, 0.1) is 4.21 Å². The molecule has 0 spiro atoms. The van der Waals surface area contributed by atoms with Crippen molar-refractivity contribution in [3.05, 3.63) is 17.5 Å². The molecular weight excluding hydrogens is 266 g/mol. The Kier molecular flexibility index (Phi) is 3.33. The first-order chi connectivity index (χ1) is 8.81. The standard InChI is InChI=1S/C11H13N5S2/c12-9-13-10(16-5-1-2-6-16)15-11(14-9)18-8-4-3-7-17-8/h3-4,7H,1-2,5-6H2,(H2,12,13,14,15). The SMILES string of the molecule is Nc1nc(Sc2cccs2)nc(N2CCCC2)n1. The highest BCUT2D eigenvalue weighted by Crippen LogP contribution is 2.30. The van der Waals surface area contributed by atoms with Gasteiger partial charge in [-0.1, -0.05) is 6.07 Å². The van der Waals surface area contributed by atoms with Crippen molar-refractivity contribution in [3.63, 3.8) is 0 Å². The summed E-state index contributed by atoms with van der Waals surface area (Å²) >= 11 is 3.20. The number of nitrogens with two attached hydrogens (primary N) is 1. The van der Waals surface area contributed by atoms with E-state index in [9.17, 15) is 0 Å². The van der Waals surface area contributed by atoms with Gasteiger partial charge in [-0.15, -0.1) is 11.3 Å². The first kappa shape index (κ1) is 11.7. The molecule has 0 aliphatic carbocycles. The van der Waals surface area contributed by atoms with Crippen molar-refractivity contribution in [2.45, 2.75) is 22.2 Å². The van der Waals surface area contributed by atoms with Crippen LogP contribution in [0.2, 0.25) is 0 Å². The minimum Gasteiger partial charge on any atom is -0.368 e. The van der Waals surface area contributed by atoms with Gasteiger partial charge < -0.3 is 10.6 Å². The summed E-state index contributed by atoms with van der Waals surface area (Å²) in [5.41, 5.74) is 5.76. The topological polar surface area (TPSA) is 67.9 Å². The molecule has 2 aromatic rings. The Morgan fingerprint density at radius 2 is 2.06 bits per heavy atom. The zero-order chi connectivity index (χ0) is 12.4.